The van der Waals surface area contributed by atoms with Crippen LogP contribution in [0.2, 0.25) is 0 Å². The van der Waals surface area contributed by atoms with Gasteiger partial charge in [0.1, 0.15) is 5.76 Å². The Balaban J connectivity index is 1.78. The van der Waals surface area contributed by atoms with E-state index in [0.717, 1.165) is 17.1 Å². The summed E-state index contributed by atoms with van der Waals surface area (Å²) in [6.45, 7) is 3.83. The molecular weight excluding hydrogens is 332 g/mol. The zero-order chi connectivity index (χ0) is 18.5. The Morgan fingerprint density at radius 1 is 1.27 bits per heavy atom. The van der Waals surface area contributed by atoms with Gasteiger partial charge in [0, 0.05) is 12.3 Å². The van der Waals surface area contributed by atoms with Crippen LogP contribution < -0.4 is 10.6 Å². The Morgan fingerprint density at radius 3 is 2.73 bits per heavy atom. The van der Waals surface area contributed by atoms with Crippen molar-refractivity contribution < 1.29 is 14.3 Å². The number of amides is 2. The Hall–Kier alpha value is -3.06. The Kier molecular flexibility index (Phi) is 5.38. The number of aryl methyl sites for hydroxylation is 2. The SMILES string of the molecule is Cc1cc(C)n(-c2ccccc2NC(=O)NC(CCO)c2ccco2)n1. The maximum Gasteiger partial charge on any atom is 0.319 e. The summed E-state index contributed by atoms with van der Waals surface area (Å²) in [7, 11) is 0. The van der Waals surface area contributed by atoms with Crippen LogP contribution in [0, 0.1) is 13.8 Å². The summed E-state index contributed by atoms with van der Waals surface area (Å²) >= 11 is 0. The molecule has 1 unspecified atom stereocenters. The number of anilines is 1. The van der Waals surface area contributed by atoms with Crippen LogP contribution in [0.3, 0.4) is 0 Å². The minimum absolute atomic E-state index is 0.0615. The quantitative estimate of drug-likeness (QED) is 0.633. The standard InChI is InChI=1S/C19H22N4O3/c1-13-12-14(2)23(22-13)17-7-4-3-6-15(17)20-19(25)21-16(9-10-24)18-8-5-11-26-18/h3-8,11-12,16,24H,9-10H2,1-2H3,(H2,20,21,25). The Bertz CT molecular complexity index is 871. The molecule has 1 atom stereocenters. The van der Waals surface area contributed by atoms with Gasteiger partial charge in [-0.15, -0.1) is 0 Å². The van der Waals surface area contributed by atoms with E-state index in [2.05, 4.69) is 15.7 Å². The van der Waals surface area contributed by atoms with Gasteiger partial charge >= 0.3 is 6.03 Å². The molecule has 2 heterocycles. The van der Waals surface area contributed by atoms with Crippen LogP contribution >= 0.6 is 0 Å². The second kappa shape index (κ2) is 7.88. The van der Waals surface area contributed by atoms with E-state index in [-0.39, 0.29) is 12.6 Å². The fraction of sp³-hybridized carbons (Fsp3) is 0.263. The lowest BCUT2D eigenvalue weighted by molar-refractivity contribution is 0.233. The van der Waals surface area contributed by atoms with E-state index < -0.39 is 6.04 Å². The molecule has 0 aliphatic carbocycles. The monoisotopic (exact) mass is 354 g/mol. The number of carbonyl (C=O) groups is 1. The van der Waals surface area contributed by atoms with Crippen molar-refractivity contribution in [3.8, 4) is 5.69 Å². The maximum absolute atomic E-state index is 12.5. The maximum atomic E-state index is 12.5. The molecule has 26 heavy (non-hydrogen) atoms. The Morgan fingerprint density at radius 2 is 2.08 bits per heavy atom. The molecule has 0 bridgehead atoms. The van der Waals surface area contributed by atoms with Crippen molar-refractivity contribution in [2.75, 3.05) is 11.9 Å². The number of nitrogens with zero attached hydrogens (tertiary/aromatic N) is 2. The van der Waals surface area contributed by atoms with Gasteiger partial charge in [-0.3, -0.25) is 0 Å². The average Bonchev–Trinajstić information content (AvgIpc) is 3.25. The highest BCUT2D eigenvalue weighted by atomic mass is 16.3. The number of carbonyl (C=O) groups excluding carboxylic acids is 1. The number of furan rings is 1. The van der Waals surface area contributed by atoms with Gasteiger partial charge in [0.05, 0.1) is 29.4 Å². The smallest absolute Gasteiger partial charge is 0.319 e. The summed E-state index contributed by atoms with van der Waals surface area (Å²) in [6, 6.07) is 12.2. The highest BCUT2D eigenvalue weighted by Crippen LogP contribution is 2.22. The van der Waals surface area contributed by atoms with Gasteiger partial charge in [0.15, 0.2) is 0 Å². The van der Waals surface area contributed by atoms with Crippen molar-refractivity contribution in [1.29, 1.82) is 0 Å². The van der Waals surface area contributed by atoms with Gasteiger partial charge in [-0.05, 0) is 50.6 Å². The molecule has 0 saturated carbocycles. The van der Waals surface area contributed by atoms with Crippen LogP contribution in [-0.4, -0.2) is 27.5 Å². The number of hydrogen-bond acceptors (Lipinski definition) is 4. The molecule has 0 aliphatic heterocycles. The first-order chi connectivity index (χ1) is 12.6. The molecule has 0 fully saturated rings. The van der Waals surface area contributed by atoms with E-state index in [1.54, 1.807) is 16.8 Å². The lowest BCUT2D eigenvalue weighted by Gasteiger charge is -2.17. The third-order valence-corrected chi connectivity index (χ3v) is 4.00. The van der Waals surface area contributed by atoms with E-state index in [1.165, 1.54) is 6.26 Å². The minimum atomic E-state index is -0.407. The predicted octanol–water partition coefficient (Wildman–Crippen LogP) is 3.33. The number of aliphatic hydroxyl groups is 1. The van der Waals surface area contributed by atoms with E-state index in [4.69, 9.17) is 4.42 Å². The summed E-state index contributed by atoms with van der Waals surface area (Å²) in [4.78, 5) is 12.5. The largest absolute Gasteiger partial charge is 0.467 e. The van der Waals surface area contributed by atoms with Crippen LogP contribution in [0.25, 0.3) is 5.69 Å². The molecule has 7 heteroatoms. The predicted molar refractivity (Wildman–Crippen MR) is 98.3 cm³/mol. The number of nitrogens with one attached hydrogen (secondary N) is 2. The summed E-state index contributed by atoms with van der Waals surface area (Å²) in [5.74, 6) is 0.598. The van der Waals surface area contributed by atoms with Crippen LogP contribution in [0.15, 0.2) is 53.1 Å². The number of urea groups is 1. The molecule has 0 saturated heterocycles. The lowest BCUT2D eigenvalue weighted by Crippen LogP contribution is -2.33. The summed E-state index contributed by atoms with van der Waals surface area (Å²) < 4.78 is 7.14. The zero-order valence-electron chi connectivity index (χ0n) is 14.8. The summed E-state index contributed by atoms with van der Waals surface area (Å²) in [5, 5.41) is 19.4. The van der Waals surface area contributed by atoms with Crippen molar-refractivity contribution in [1.82, 2.24) is 15.1 Å². The highest BCUT2D eigenvalue weighted by Gasteiger charge is 2.18. The molecule has 1 aromatic carbocycles. The highest BCUT2D eigenvalue weighted by molar-refractivity contribution is 5.91. The van der Waals surface area contributed by atoms with Crippen molar-refractivity contribution in [2.24, 2.45) is 0 Å². The van der Waals surface area contributed by atoms with Gasteiger partial charge in [0.2, 0.25) is 0 Å². The molecule has 136 valence electrons. The van der Waals surface area contributed by atoms with Gasteiger partial charge < -0.3 is 20.2 Å². The summed E-state index contributed by atoms with van der Waals surface area (Å²) in [5.41, 5.74) is 3.30. The zero-order valence-corrected chi connectivity index (χ0v) is 14.8. The fourth-order valence-corrected chi connectivity index (χ4v) is 2.86. The van der Waals surface area contributed by atoms with Gasteiger partial charge in [-0.1, -0.05) is 12.1 Å². The first kappa shape index (κ1) is 17.8. The third kappa shape index (κ3) is 3.94. The van der Waals surface area contributed by atoms with E-state index in [1.807, 2.05) is 44.2 Å². The molecule has 3 aromatic rings. The molecular formula is C19H22N4O3. The molecule has 2 aromatic heterocycles. The van der Waals surface area contributed by atoms with Crippen LogP contribution in [-0.2, 0) is 0 Å². The van der Waals surface area contributed by atoms with Crippen LogP contribution in [0.5, 0.6) is 0 Å². The number of para-hydroxylation sites is 2. The number of aliphatic hydroxyl groups excluding tert-OH is 1. The topological polar surface area (TPSA) is 92.3 Å². The normalized spacial score (nSPS) is 12.0. The van der Waals surface area contributed by atoms with Gasteiger partial charge in [-0.25, -0.2) is 9.48 Å². The molecule has 0 aliphatic rings. The molecule has 2 amide bonds. The number of rotatable bonds is 6. The van der Waals surface area contributed by atoms with Crippen molar-refractivity contribution in [3.05, 3.63) is 65.9 Å². The molecule has 0 radical (unpaired) electrons. The third-order valence-electron chi connectivity index (χ3n) is 4.00. The first-order valence-corrected chi connectivity index (χ1v) is 8.43. The van der Waals surface area contributed by atoms with Crippen LogP contribution in [0.1, 0.15) is 29.6 Å². The number of aromatic nitrogens is 2. The summed E-state index contributed by atoms with van der Waals surface area (Å²) in [6.07, 6.45) is 1.90. The average molecular weight is 354 g/mol. The van der Waals surface area contributed by atoms with Gasteiger partial charge in [-0.2, -0.15) is 5.10 Å². The van der Waals surface area contributed by atoms with Crippen molar-refractivity contribution in [2.45, 2.75) is 26.3 Å². The van der Waals surface area contributed by atoms with Gasteiger partial charge in [0.25, 0.3) is 0 Å². The van der Waals surface area contributed by atoms with Crippen molar-refractivity contribution >= 4 is 11.7 Å². The minimum Gasteiger partial charge on any atom is -0.467 e. The molecule has 7 nitrogen and oxygen atoms in total. The van der Waals surface area contributed by atoms with E-state index in [0.29, 0.717) is 17.9 Å². The van der Waals surface area contributed by atoms with E-state index in [9.17, 15) is 9.90 Å². The number of benzene rings is 1. The molecule has 3 rings (SSSR count). The van der Waals surface area contributed by atoms with Crippen LogP contribution in [0.4, 0.5) is 10.5 Å². The second-order valence-electron chi connectivity index (χ2n) is 6.03. The number of hydrogen-bond donors (Lipinski definition) is 3. The molecule has 3 N–H and O–H groups in total. The van der Waals surface area contributed by atoms with Crippen molar-refractivity contribution in [3.63, 3.8) is 0 Å². The fourth-order valence-electron chi connectivity index (χ4n) is 2.86. The second-order valence-corrected chi connectivity index (χ2v) is 6.03. The lowest BCUT2D eigenvalue weighted by atomic mass is 10.1. The first-order valence-electron chi connectivity index (χ1n) is 8.43. The molecule has 0 spiro atoms. The Labute approximate surface area is 151 Å². The van der Waals surface area contributed by atoms with E-state index >= 15 is 0 Å².